The Morgan fingerprint density at radius 3 is 2.56 bits per heavy atom. The normalized spacial score (nSPS) is 11.3. The smallest absolute Gasteiger partial charge is 0.265 e. The molecule has 0 fully saturated rings. The number of hydrogen-bond acceptors (Lipinski definition) is 3. The van der Waals surface area contributed by atoms with Crippen LogP contribution in [0.5, 0.6) is 5.75 Å². The lowest BCUT2D eigenvalue weighted by Crippen LogP contribution is -2.31. The average Bonchev–Trinajstić information content (AvgIpc) is 2.62. The SMILES string of the molecule is C=CCNC(=O)c1ccccc1NC(=O)[C@@H](C)Oc1ccc(F)cc1. The number of halogens is 1. The van der Waals surface area contributed by atoms with Gasteiger partial charge in [-0.25, -0.2) is 4.39 Å². The molecular formula is C19H19FN2O3. The summed E-state index contributed by atoms with van der Waals surface area (Å²) in [6, 6.07) is 12.0. The van der Waals surface area contributed by atoms with Crippen LogP contribution in [0.1, 0.15) is 17.3 Å². The first-order valence-electron chi connectivity index (χ1n) is 7.72. The molecular weight excluding hydrogens is 323 g/mol. The van der Waals surface area contributed by atoms with Crippen molar-refractivity contribution in [1.29, 1.82) is 0 Å². The lowest BCUT2D eigenvalue weighted by molar-refractivity contribution is -0.122. The Hall–Kier alpha value is -3.15. The Morgan fingerprint density at radius 1 is 1.20 bits per heavy atom. The van der Waals surface area contributed by atoms with E-state index >= 15 is 0 Å². The fourth-order valence-corrected chi connectivity index (χ4v) is 2.06. The molecule has 0 bridgehead atoms. The van der Waals surface area contributed by atoms with E-state index in [0.29, 0.717) is 23.5 Å². The van der Waals surface area contributed by atoms with Crippen LogP contribution in [0.3, 0.4) is 0 Å². The van der Waals surface area contributed by atoms with Gasteiger partial charge in [0.1, 0.15) is 11.6 Å². The number of para-hydroxylation sites is 1. The number of hydrogen-bond donors (Lipinski definition) is 2. The largest absolute Gasteiger partial charge is 0.481 e. The van der Waals surface area contributed by atoms with Crippen molar-refractivity contribution in [3.8, 4) is 5.75 Å². The van der Waals surface area contributed by atoms with Crippen LogP contribution in [-0.2, 0) is 4.79 Å². The molecule has 0 radical (unpaired) electrons. The van der Waals surface area contributed by atoms with Crippen molar-refractivity contribution in [2.24, 2.45) is 0 Å². The zero-order valence-corrected chi connectivity index (χ0v) is 13.8. The van der Waals surface area contributed by atoms with E-state index in [1.807, 2.05) is 0 Å². The molecule has 2 aromatic rings. The molecule has 25 heavy (non-hydrogen) atoms. The number of anilines is 1. The Labute approximate surface area is 145 Å². The Morgan fingerprint density at radius 2 is 1.88 bits per heavy atom. The second-order valence-electron chi connectivity index (χ2n) is 5.25. The molecule has 1 atom stereocenters. The molecule has 0 saturated heterocycles. The predicted molar refractivity (Wildman–Crippen MR) is 94.1 cm³/mol. The Kier molecular flexibility index (Phi) is 6.28. The third-order valence-corrected chi connectivity index (χ3v) is 3.33. The highest BCUT2D eigenvalue weighted by atomic mass is 19.1. The quantitative estimate of drug-likeness (QED) is 0.760. The van der Waals surface area contributed by atoms with Gasteiger partial charge in [-0.05, 0) is 43.3 Å². The van der Waals surface area contributed by atoms with Gasteiger partial charge in [-0.3, -0.25) is 9.59 Å². The van der Waals surface area contributed by atoms with Gasteiger partial charge in [-0.2, -0.15) is 0 Å². The summed E-state index contributed by atoms with van der Waals surface area (Å²) in [7, 11) is 0. The van der Waals surface area contributed by atoms with Gasteiger partial charge in [0, 0.05) is 6.54 Å². The lowest BCUT2D eigenvalue weighted by Gasteiger charge is -2.16. The fraction of sp³-hybridized carbons (Fsp3) is 0.158. The summed E-state index contributed by atoms with van der Waals surface area (Å²) in [5.74, 6) is -0.749. The molecule has 2 N–H and O–H groups in total. The van der Waals surface area contributed by atoms with Crippen LogP contribution in [-0.4, -0.2) is 24.5 Å². The minimum Gasteiger partial charge on any atom is -0.481 e. The van der Waals surface area contributed by atoms with Crippen molar-refractivity contribution in [3.05, 3.63) is 72.6 Å². The van der Waals surface area contributed by atoms with Crippen LogP contribution < -0.4 is 15.4 Å². The first kappa shape index (κ1) is 18.2. The van der Waals surface area contributed by atoms with Crippen LogP contribution in [0.4, 0.5) is 10.1 Å². The van der Waals surface area contributed by atoms with E-state index in [1.165, 1.54) is 24.3 Å². The fourth-order valence-electron chi connectivity index (χ4n) is 2.06. The highest BCUT2D eigenvalue weighted by molar-refractivity contribution is 6.04. The molecule has 0 aliphatic carbocycles. The van der Waals surface area contributed by atoms with E-state index in [2.05, 4.69) is 17.2 Å². The number of benzene rings is 2. The minimum absolute atomic E-state index is 0.317. The summed E-state index contributed by atoms with van der Waals surface area (Å²) in [6.07, 6.45) is 0.743. The predicted octanol–water partition coefficient (Wildman–Crippen LogP) is 3.15. The summed E-state index contributed by atoms with van der Waals surface area (Å²) in [6.45, 7) is 5.43. The molecule has 0 aromatic heterocycles. The second-order valence-corrected chi connectivity index (χ2v) is 5.25. The van der Waals surface area contributed by atoms with E-state index in [4.69, 9.17) is 4.74 Å². The highest BCUT2D eigenvalue weighted by Gasteiger charge is 2.18. The van der Waals surface area contributed by atoms with Crippen LogP contribution in [0.15, 0.2) is 61.2 Å². The molecule has 2 aromatic carbocycles. The Balaban J connectivity index is 2.05. The minimum atomic E-state index is -0.824. The van der Waals surface area contributed by atoms with E-state index in [1.54, 1.807) is 37.3 Å². The van der Waals surface area contributed by atoms with Crippen LogP contribution >= 0.6 is 0 Å². The summed E-state index contributed by atoms with van der Waals surface area (Å²) < 4.78 is 18.4. The highest BCUT2D eigenvalue weighted by Crippen LogP contribution is 2.17. The van der Waals surface area contributed by atoms with Crippen molar-refractivity contribution in [2.75, 3.05) is 11.9 Å². The molecule has 5 nitrogen and oxygen atoms in total. The van der Waals surface area contributed by atoms with Crippen LogP contribution in [0, 0.1) is 5.82 Å². The Bertz CT molecular complexity index is 760. The first-order valence-corrected chi connectivity index (χ1v) is 7.72. The molecule has 0 spiro atoms. The molecule has 0 unspecified atom stereocenters. The third kappa shape index (κ3) is 5.17. The number of ether oxygens (including phenoxy) is 1. The molecule has 2 amide bonds. The van der Waals surface area contributed by atoms with Crippen molar-refractivity contribution < 1.29 is 18.7 Å². The van der Waals surface area contributed by atoms with Gasteiger partial charge in [-0.1, -0.05) is 18.2 Å². The number of carbonyl (C=O) groups excluding carboxylic acids is 2. The molecule has 2 rings (SSSR count). The maximum Gasteiger partial charge on any atom is 0.265 e. The number of nitrogens with one attached hydrogen (secondary N) is 2. The summed E-state index contributed by atoms with van der Waals surface area (Å²) in [5.41, 5.74) is 0.718. The van der Waals surface area contributed by atoms with Gasteiger partial charge < -0.3 is 15.4 Å². The van der Waals surface area contributed by atoms with Gasteiger partial charge in [0.2, 0.25) is 0 Å². The van der Waals surface area contributed by atoms with Crippen LogP contribution in [0.2, 0.25) is 0 Å². The maximum absolute atomic E-state index is 12.9. The average molecular weight is 342 g/mol. The lowest BCUT2D eigenvalue weighted by atomic mass is 10.1. The summed E-state index contributed by atoms with van der Waals surface area (Å²) in [5, 5.41) is 5.34. The first-order chi connectivity index (χ1) is 12.0. The van der Waals surface area contributed by atoms with Gasteiger partial charge in [0.05, 0.1) is 11.3 Å². The van der Waals surface area contributed by atoms with Gasteiger partial charge in [-0.15, -0.1) is 6.58 Å². The monoisotopic (exact) mass is 342 g/mol. The molecule has 0 saturated carbocycles. The molecule has 130 valence electrons. The van der Waals surface area contributed by atoms with E-state index in [9.17, 15) is 14.0 Å². The van der Waals surface area contributed by atoms with Gasteiger partial charge >= 0.3 is 0 Å². The summed E-state index contributed by atoms with van der Waals surface area (Å²) in [4.78, 5) is 24.4. The van der Waals surface area contributed by atoms with E-state index in [-0.39, 0.29) is 11.7 Å². The molecule has 0 aliphatic heterocycles. The third-order valence-electron chi connectivity index (χ3n) is 3.33. The molecule has 0 aliphatic rings. The number of amides is 2. The molecule has 6 heteroatoms. The number of carbonyl (C=O) groups is 2. The van der Waals surface area contributed by atoms with Crippen LogP contribution in [0.25, 0.3) is 0 Å². The van der Waals surface area contributed by atoms with Crippen molar-refractivity contribution in [3.63, 3.8) is 0 Å². The van der Waals surface area contributed by atoms with E-state index < -0.39 is 12.0 Å². The van der Waals surface area contributed by atoms with E-state index in [0.717, 1.165) is 0 Å². The standard InChI is InChI=1S/C19H19FN2O3/c1-3-12-21-19(24)16-6-4-5-7-17(16)22-18(23)13(2)25-15-10-8-14(20)9-11-15/h3-11,13H,1,12H2,2H3,(H,21,24)(H,22,23)/t13-/m1/s1. The van der Waals surface area contributed by atoms with Crippen molar-refractivity contribution >= 4 is 17.5 Å². The van der Waals surface area contributed by atoms with Gasteiger partial charge in [0.25, 0.3) is 11.8 Å². The molecule has 0 heterocycles. The van der Waals surface area contributed by atoms with Crippen molar-refractivity contribution in [1.82, 2.24) is 5.32 Å². The topological polar surface area (TPSA) is 67.4 Å². The second kappa shape index (κ2) is 8.63. The van der Waals surface area contributed by atoms with Gasteiger partial charge in [0.15, 0.2) is 6.10 Å². The maximum atomic E-state index is 12.9. The zero-order chi connectivity index (χ0) is 18.2. The van der Waals surface area contributed by atoms with Crippen molar-refractivity contribution in [2.45, 2.75) is 13.0 Å². The number of rotatable bonds is 7. The zero-order valence-electron chi connectivity index (χ0n) is 13.8. The summed E-state index contributed by atoms with van der Waals surface area (Å²) >= 11 is 0.